The molecule has 3 heteroatoms. The van der Waals surface area contributed by atoms with E-state index in [0.717, 1.165) is 16.8 Å². The van der Waals surface area contributed by atoms with E-state index in [-0.39, 0.29) is 10.8 Å². The van der Waals surface area contributed by atoms with Crippen LogP contribution < -0.4 is 0 Å². The molecule has 0 amide bonds. The molecule has 1 N–H and O–H groups in total. The zero-order chi connectivity index (χ0) is 14.7. The van der Waals surface area contributed by atoms with Crippen LogP contribution >= 0.6 is 0 Å². The molecule has 20 heavy (non-hydrogen) atoms. The third-order valence-corrected chi connectivity index (χ3v) is 3.82. The Labute approximate surface area is 119 Å². The number of benzene rings is 1. The summed E-state index contributed by atoms with van der Waals surface area (Å²) in [4.78, 5) is 4.49. The largest absolute Gasteiger partial charge is 0.381 e. The summed E-state index contributed by atoms with van der Waals surface area (Å²) >= 11 is 0. The number of hydrogen-bond donors (Lipinski definition) is 1. The number of aromatic amines is 1. The summed E-state index contributed by atoms with van der Waals surface area (Å²) in [5, 5.41) is 5.49. The first-order valence-electron chi connectivity index (χ1n) is 7.09. The minimum absolute atomic E-state index is 0.00591. The predicted octanol–water partition coefficient (Wildman–Crippen LogP) is 4.90. The third kappa shape index (κ3) is 1.84. The van der Waals surface area contributed by atoms with E-state index in [0.29, 0.717) is 0 Å². The highest BCUT2D eigenvalue weighted by molar-refractivity contribution is 6.07. The number of hydrogen-bond acceptors (Lipinski definition) is 2. The number of H-pyrrole nitrogens is 1. The van der Waals surface area contributed by atoms with Gasteiger partial charge in [0.2, 0.25) is 0 Å². The Hall–Kier alpha value is -1.77. The number of nitrogens with one attached hydrogen (secondary N) is 1. The lowest BCUT2D eigenvalue weighted by Crippen LogP contribution is -2.13. The van der Waals surface area contributed by atoms with Gasteiger partial charge in [-0.2, -0.15) is 0 Å². The zero-order valence-corrected chi connectivity index (χ0v) is 13.1. The fourth-order valence-corrected chi connectivity index (χ4v) is 2.73. The smallest absolute Gasteiger partial charge is 0.168 e. The molecule has 2 aromatic heterocycles. The zero-order valence-electron chi connectivity index (χ0n) is 13.1. The molecule has 0 fully saturated rings. The van der Waals surface area contributed by atoms with Gasteiger partial charge in [0.1, 0.15) is 0 Å². The number of fused-ring (bicyclic) bond motifs is 3. The van der Waals surface area contributed by atoms with Crippen LogP contribution in [0.5, 0.6) is 0 Å². The van der Waals surface area contributed by atoms with Crippen molar-refractivity contribution in [3.05, 3.63) is 29.6 Å². The van der Waals surface area contributed by atoms with Crippen LogP contribution in [-0.4, -0.2) is 10.1 Å². The molecule has 106 valence electrons. The van der Waals surface area contributed by atoms with Crippen LogP contribution in [0.15, 0.2) is 22.9 Å². The maximum absolute atomic E-state index is 5.86. The Kier molecular flexibility index (Phi) is 2.56. The Morgan fingerprint density at radius 1 is 1.05 bits per heavy atom. The Morgan fingerprint density at radius 2 is 1.75 bits per heavy atom. The number of nitrogens with zero attached hydrogens (tertiary/aromatic N) is 1. The molecular weight excluding hydrogens is 248 g/mol. The maximum Gasteiger partial charge on any atom is 0.168 e. The second-order valence-electron chi connectivity index (χ2n) is 7.59. The first kappa shape index (κ1) is 13.2. The van der Waals surface area contributed by atoms with Crippen molar-refractivity contribution < 1.29 is 4.52 Å². The Bertz CT molecular complexity index is 779. The van der Waals surface area contributed by atoms with Gasteiger partial charge in [0.25, 0.3) is 0 Å². The van der Waals surface area contributed by atoms with Crippen LogP contribution in [0.4, 0.5) is 0 Å². The van der Waals surface area contributed by atoms with Crippen LogP contribution in [0.1, 0.15) is 52.8 Å². The van der Waals surface area contributed by atoms with Gasteiger partial charge in [0.15, 0.2) is 5.58 Å². The molecule has 0 atom stereocenters. The molecule has 0 radical (unpaired) electrons. The predicted molar refractivity (Wildman–Crippen MR) is 83.3 cm³/mol. The lowest BCUT2D eigenvalue weighted by Gasteiger charge is -2.20. The van der Waals surface area contributed by atoms with Crippen LogP contribution in [0, 0.1) is 0 Å². The molecule has 3 nitrogen and oxygen atoms in total. The number of aromatic nitrogens is 2. The minimum Gasteiger partial charge on any atom is -0.381 e. The quantitative estimate of drug-likeness (QED) is 0.631. The van der Waals surface area contributed by atoms with Crippen molar-refractivity contribution in [1.82, 2.24) is 10.1 Å². The van der Waals surface area contributed by atoms with E-state index in [1.165, 1.54) is 16.3 Å². The van der Waals surface area contributed by atoms with Gasteiger partial charge in [-0.15, -0.1) is 0 Å². The van der Waals surface area contributed by atoms with Gasteiger partial charge in [0, 0.05) is 22.6 Å². The second-order valence-corrected chi connectivity index (χ2v) is 7.59. The van der Waals surface area contributed by atoms with Crippen molar-refractivity contribution in [2.75, 3.05) is 0 Å². The highest BCUT2D eigenvalue weighted by Gasteiger charge is 2.27. The molecule has 2 heterocycles. The first-order chi connectivity index (χ1) is 9.19. The van der Waals surface area contributed by atoms with Crippen molar-refractivity contribution in [2.24, 2.45) is 0 Å². The normalized spacial score (nSPS) is 13.5. The van der Waals surface area contributed by atoms with Gasteiger partial charge < -0.3 is 4.52 Å². The molecule has 0 bridgehead atoms. The summed E-state index contributed by atoms with van der Waals surface area (Å²) < 4.78 is 5.86. The minimum atomic E-state index is 0.00591. The van der Waals surface area contributed by atoms with E-state index in [4.69, 9.17) is 4.52 Å². The summed E-state index contributed by atoms with van der Waals surface area (Å²) in [6.45, 7) is 13.2. The first-order valence-corrected chi connectivity index (χ1v) is 7.09. The van der Waals surface area contributed by atoms with Crippen molar-refractivity contribution in [1.29, 1.82) is 0 Å². The lowest BCUT2D eigenvalue weighted by molar-refractivity contribution is 0.414. The summed E-state index contributed by atoms with van der Waals surface area (Å²) in [7, 11) is 0. The van der Waals surface area contributed by atoms with Gasteiger partial charge in [-0.1, -0.05) is 41.5 Å². The van der Waals surface area contributed by atoms with Crippen molar-refractivity contribution >= 4 is 21.9 Å². The van der Waals surface area contributed by atoms with Crippen LogP contribution in [0.25, 0.3) is 21.9 Å². The molecule has 0 aliphatic rings. The lowest BCUT2D eigenvalue weighted by atomic mass is 9.83. The average Bonchev–Trinajstić information content (AvgIpc) is 2.91. The molecular formula is C17H22N2O. The fourth-order valence-electron chi connectivity index (χ4n) is 2.73. The van der Waals surface area contributed by atoms with Gasteiger partial charge in [-0.3, -0.25) is 4.98 Å². The molecule has 0 spiro atoms. The molecule has 0 saturated heterocycles. The fraction of sp³-hybridized carbons (Fsp3) is 0.471. The third-order valence-electron chi connectivity index (χ3n) is 3.82. The highest BCUT2D eigenvalue weighted by atomic mass is 16.5. The summed E-state index contributed by atoms with van der Waals surface area (Å²) in [6.07, 6.45) is 1.87. The van der Waals surface area contributed by atoms with Crippen molar-refractivity contribution in [3.63, 3.8) is 0 Å². The number of rotatable bonds is 0. The van der Waals surface area contributed by atoms with Gasteiger partial charge in [-0.25, -0.2) is 5.16 Å². The van der Waals surface area contributed by atoms with Gasteiger partial charge in [0.05, 0.1) is 16.6 Å². The van der Waals surface area contributed by atoms with E-state index in [1.54, 1.807) is 0 Å². The summed E-state index contributed by atoms with van der Waals surface area (Å²) in [6, 6.07) is 4.23. The molecule has 0 aliphatic heterocycles. The summed E-state index contributed by atoms with van der Waals surface area (Å²) in [5.74, 6) is 0. The molecule has 0 aliphatic carbocycles. The van der Waals surface area contributed by atoms with Gasteiger partial charge in [-0.05, 0) is 17.5 Å². The van der Waals surface area contributed by atoms with E-state index < -0.39 is 0 Å². The van der Waals surface area contributed by atoms with Gasteiger partial charge >= 0.3 is 0 Å². The Balaban J connectivity index is 2.52. The monoisotopic (exact) mass is 270 g/mol. The standard InChI is InChI=1S/C17H22N2O/c1-16(2,3)11-9-12-10(7-8-18-12)13-14(11)20-19-15(13)17(4,5)6/h7-9,19H,1-6H3. The topological polar surface area (TPSA) is 41.8 Å². The van der Waals surface area contributed by atoms with Crippen molar-refractivity contribution in [2.45, 2.75) is 52.4 Å². The Morgan fingerprint density at radius 3 is 2.35 bits per heavy atom. The van der Waals surface area contributed by atoms with Crippen molar-refractivity contribution in [3.8, 4) is 0 Å². The van der Waals surface area contributed by atoms with Crippen LogP contribution in [-0.2, 0) is 10.8 Å². The SMILES string of the molecule is CC(C)(C)c1cc2nccc2c2c(C(C)(C)C)[nH]oc12. The molecule has 0 unspecified atom stereocenters. The van der Waals surface area contributed by atoms with E-state index >= 15 is 0 Å². The van der Waals surface area contributed by atoms with E-state index in [9.17, 15) is 0 Å². The molecule has 1 aromatic carbocycles. The summed E-state index contributed by atoms with van der Waals surface area (Å²) in [5.41, 5.74) is 4.37. The van der Waals surface area contributed by atoms with E-state index in [1.807, 2.05) is 6.20 Å². The maximum atomic E-state index is 5.86. The van der Waals surface area contributed by atoms with Crippen LogP contribution in [0.3, 0.4) is 0 Å². The second kappa shape index (κ2) is 3.87. The van der Waals surface area contributed by atoms with E-state index in [2.05, 4.69) is 63.8 Å². The molecule has 3 rings (SSSR count). The van der Waals surface area contributed by atoms with Crippen LogP contribution in [0.2, 0.25) is 0 Å². The average molecular weight is 270 g/mol. The highest BCUT2D eigenvalue weighted by Crippen LogP contribution is 2.39. The molecule has 3 aromatic rings. The molecule has 0 saturated carbocycles.